The number of pyridine rings is 1. The molecule has 5 heteroatoms. The minimum atomic E-state index is 0.342. The average Bonchev–Trinajstić information content (AvgIpc) is 2.39. The summed E-state index contributed by atoms with van der Waals surface area (Å²) in [6.45, 7) is 2.70. The number of nitrogens with one attached hydrogen (secondary N) is 1. The van der Waals surface area contributed by atoms with E-state index in [4.69, 9.17) is 9.47 Å². The number of ether oxygens (including phenoxy) is 2. The van der Waals surface area contributed by atoms with Gasteiger partial charge in [-0.3, -0.25) is 4.99 Å². The molecule has 0 bridgehead atoms. The molecule has 1 unspecified atom stereocenters. The van der Waals surface area contributed by atoms with Gasteiger partial charge in [0.15, 0.2) is 5.76 Å². The van der Waals surface area contributed by atoms with E-state index in [0.29, 0.717) is 18.5 Å². The second kappa shape index (κ2) is 5.34. The molecule has 1 N–H and O–H groups in total. The number of nitrogens with zero attached hydrogens (tertiary/aromatic N) is 2. The molecule has 2 rings (SSSR count). The van der Waals surface area contributed by atoms with Crippen molar-refractivity contribution in [2.24, 2.45) is 4.99 Å². The Bertz CT molecular complexity index is 426. The summed E-state index contributed by atoms with van der Waals surface area (Å²) in [7, 11) is 1.58. The van der Waals surface area contributed by atoms with Gasteiger partial charge in [-0.25, -0.2) is 4.98 Å². The van der Waals surface area contributed by atoms with E-state index >= 15 is 0 Å². The Balaban J connectivity index is 2.00. The van der Waals surface area contributed by atoms with Crippen LogP contribution >= 0.6 is 0 Å². The van der Waals surface area contributed by atoms with Crippen molar-refractivity contribution >= 4 is 11.9 Å². The molecule has 0 aliphatic carbocycles. The molecule has 1 aliphatic rings. The molecule has 0 amide bonds. The lowest BCUT2D eigenvalue weighted by Gasteiger charge is -2.19. The molecule has 0 spiro atoms. The molecule has 0 saturated carbocycles. The van der Waals surface area contributed by atoms with Gasteiger partial charge in [-0.15, -0.1) is 0 Å². The Kier molecular flexibility index (Phi) is 3.59. The zero-order chi connectivity index (χ0) is 12.1. The van der Waals surface area contributed by atoms with Crippen molar-refractivity contribution in [2.45, 2.75) is 13.0 Å². The van der Waals surface area contributed by atoms with Gasteiger partial charge in [0.05, 0.1) is 31.3 Å². The number of rotatable bonds is 3. The number of hydrogen-bond donors (Lipinski definition) is 1. The highest BCUT2D eigenvalue weighted by Gasteiger charge is 2.07. The SMILES string of the molecule is COc1ccc(/N=C\C2=CNC(C)CO2)cn1. The Morgan fingerprint density at radius 2 is 2.47 bits per heavy atom. The van der Waals surface area contributed by atoms with Gasteiger partial charge in [-0.1, -0.05) is 0 Å². The molecule has 0 aromatic carbocycles. The van der Waals surface area contributed by atoms with E-state index in [-0.39, 0.29) is 0 Å². The lowest BCUT2D eigenvalue weighted by molar-refractivity contribution is 0.188. The van der Waals surface area contributed by atoms with Gasteiger partial charge in [0.25, 0.3) is 0 Å². The summed E-state index contributed by atoms with van der Waals surface area (Å²) < 4.78 is 10.4. The van der Waals surface area contributed by atoms with Gasteiger partial charge >= 0.3 is 0 Å². The van der Waals surface area contributed by atoms with Gasteiger partial charge in [-0.05, 0) is 13.0 Å². The third-order valence-corrected chi connectivity index (χ3v) is 2.28. The maximum Gasteiger partial charge on any atom is 0.213 e. The summed E-state index contributed by atoms with van der Waals surface area (Å²) in [5.41, 5.74) is 0.758. The second-order valence-electron chi connectivity index (χ2n) is 3.74. The number of hydrogen-bond acceptors (Lipinski definition) is 5. The molecule has 1 aliphatic heterocycles. The fraction of sp³-hybridized carbons (Fsp3) is 0.333. The van der Waals surface area contributed by atoms with Crippen molar-refractivity contribution in [3.63, 3.8) is 0 Å². The summed E-state index contributed by atoms with van der Waals surface area (Å²) in [5, 5.41) is 3.17. The van der Waals surface area contributed by atoms with Gasteiger partial charge < -0.3 is 14.8 Å². The van der Waals surface area contributed by atoms with Gasteiger partial charge in [0, 0.05) is 12.3 Å². The van der Waals surface area contributed by atoms with Crippen LogP contribution < -0.4 is 10.1 Å². The van der Waals surface area contributed by atoms with Crippen molar-refractivity contribution in [1.29, 1.82) is 0 Å². The molecule has 90 valence electrons. The van der Waals surface area contributed by atoms with Crippen LogP contribution in [0.15, 0.2) is 35.3 Å². The summed E-state index contributed by atoms with van der Waals surface area (Å²) in [4.78, 5) is 8.32. The first-order valence-electron chi connectivity index (χ1n) is 5.41. The Labute approximate surface area is 100 Å². The van der Waals surface area contributed by atoms with Crippen molar-refractivity contribution in [2.75, 3.05) is 13.7 Å². The largest absolute Gasteiger partial charge is 0.488 e. The maximum atomic E-state index is 5.46. The molecule has 1 atom stereocenters. The molecule has 0 saturated heterocycles. The van der Waals surface area contributed by atoms with E-state index in [1.165, 1.54) is 0 Å². The monoisotopic (exact) mass is 233 g/mol. The molecule has 0 radical (unpaired) electrons. The van der Waals surface area contributed by atoms with Crippen LogP contribution in [0.3, 0.4) is 0 Å². The fourth-order valence-corrected chi connectivity index (χ4v) is 1.32. The summed E-state index contributed by atoms with van der Waals surface area (Å²) in [6.07, 6.45) is 5.13. The summed E-state index contributed by atoms with van der Waals surface area (Å²) in [6, 6.07) is 3.94. The first-order chi connectivity index (χ1) is 8.28. The third kappa shape index (κ3) is 3.21. The van der Waals surface area contributed by atoms with Crippen molar-refractivity contribution in [3.05, 3.63) is 30.3 Å². The molecule has 1 aromatic rings. The quantitative estimate of drug-likeness (QED) is 0.806. The van der Waals surface area contributed by atoms with Crippen LogP contribution in [0.5, 0.6) is 5.88 Å². The minimum Gasteiger partial charge on any atom is -0.488 e. The molecule has 0 fully saturated rings. The maximum absolute atomic E-state index is 5.46. The zero-order valence-electron chi connectivity index (χ0n) is 9.88. The lowest BCUT2D eigenvalue weighted by Crippen LogP contribution is -2.30. The lowest BCUT2D eigenvalue weighted by atomic mass is 10.3. The Morgan fingerprint density at radius 3 is 3.06 bits per heavy atom. The normalized spacial score (nSPS) is 19.4. The smallest absolute Gasteiger partial charge is 0.213 e. The number of aromatic nitrogens is 1. The highest BCUT2D eigenvalue weighted by atomic mass is 16.5. The summed E-state index contributed by atoms with van der Waals surface area (Å²) >= 11 is 0. The topological polar surface area (TPSA) is 55.7 Å². The van der Waals surface area contributed by atoms with Gasteiger partial charge in [0.2, 0.25) is 5.88 Å². The zero-order valence-corrected chi connectivity index (χ0v) is 9.88. The second-order valence-corrected chi connectivity index (χ2v) is 3.74. The highest BCUT2D eigenvalue weighted by Crippen LogP contribution is 2.14. The fourth-order valence-electron chi connectivity index (χ4n) is 1.32. The van der Waals surface area contributed by atoms with Gasteiger partial charge in [-0.2, -0.15) is 0 Å². The number of methoxy groups -OCH3 is 1. The third-order valence-electron chi connectivity index (χ3n) is 2.28. The predicted molar refractivity (Wildman–Crippen MR) is 65.6 cm³/mol. The van der Waals surface area contributed by atoms with Crippen LogP contribution in [-0.4, -0.2) is 31.0 Å². The molecule has 5 nitrogen and oxygen atoms in total. The van der Waals surface area contributed by atoms with Crippen LogP contribution in [0.2, 0.25) is 0 Å². The van der Waals surface area contributed by atoms with E-state index in [0.717, 1.165) is 11.4 Å². The number of aliphatic imine (C=N–C) groups is 1. The Morgan fingerprint density at radius 1 is 1.59 bits per heavy atom. The Hall–Kier alpha value is -2.04. The van der Waals surface area contributed by atoms with E-state index in [1.807, 2.05) is 12.3 Å². The molecular weight excluding hydrogens is 218 g/mol. The van der Waals surface area contributed by atoms with E-state index < -0.39 is 0 Å². The molecular formula is C12H15N3O2. The van der Waals surface area contributed by atoms with Gasteiger partial charge in [0.1, 0.15) is 6.61 Å². The first kappa shape index (κ1) is 11.4. The van der Waals surface area contributed by atoms with Crippen molar-refractivity contribution in [3.8, 4) is 5.88 Å². The van der Waals surface area contributed by atoms with Crippen molar-refractivity contribution < 1.29 is 9.47 Å². The number of allylic oxidation sites excluding steroid dienone is 1. The van der Waals surface area contributed by atoms with Crippen LogP contribution in [0.1, 0.15) is 6.92 Å². The predicted octanol–water partition coefficient (Wildman–Crippen LogP) is 1.64. The highest BCUT2D eigenvalue weighted by molar-refractivity contribution is 5.78. The van der Waals surface area contributed by atoms with Crippen LogP contribution in [0.25, 0.3) is 0 Å². The minimum absolute atomic E-state index is 0.342. The summed E-state index contributed by atoms with van der Waals surface area (Å²) in [5.74, 6) is 1.30. The van der Waals surface area contributed by atoms with Crippen LogP contribution in [-0.2, 0) is 4.74 Å². The van der Waals surface area contributed by atoms with E-state index in [9.17, 15) is 0 Å². The van der Waals surface area contributed by atoms with E-state index in [1.54, 1.807) is 25.6 Å². The van der Waals surface area contributed by atoms with E-state index in [2.05, 4.69) is 22.2 Å². The average molecular weight is 233 g/mol. The molecule has 17 heavy (non-hydrogen) atoms. The first-order valence-corrected chi connectivity index (χ1v) is 5.41. The van der Waals surface area contributed by atoms with Crippen LogP contribution in [0, 0.1) is 0 Å². The molecule has 1 aromatic heterocycles. The van der Waals surface area contributed by atoms with Crippen molar-refractivity contribution in [1.82, 2.24) is 10.3 Å². The molecule has 2 heterocycles. The van der Waals surface area contributed by atoms with Crippen LogP contribution in [0.4, 0.5) is 5.69 Å². The standard InChI is InChI=1S/C12H15N3O2/c1-9-8-17-11(6-13-9)7-14-10-3-4-12(16-2)15-5-10/h3-7,9,13H,8H2,1-2H3/b14-7-.